The molecule has 2 aliphatic rings. The lowest BCUT2D eigenvalue weighted by molar-refractivity contribution is -0.118. The first-order valence-corrected chi connectivity index (χ1v) is 10.5. The van der Waals surface area contributed by atoms with Gasteiger partial charge in [-0.15, -0.1) is 0 Å². The number of morpholine rings is 1. The summed E-state index contributed by atoms with van der Waals surface area (Å²) in [5, 5.41) is 1.22. The predicted octanol–water partition coefficient (Wildman–Crippen LogP) is 2.20. The Morgan fingerprint density at radius 1 is 1.14 bits per heavy atom. The Hall–Kier alpha value is -1.89. The van der Waals surface area contributed by atoms with Gasteiger partial charge in [0.05, 0.1) is 12.2 Å². The summed E-state index contributed by atoms with van der Waals surface area (Å²) < 4.78 is 7.87. The predicted molar refractivity (Wildman–Crippen MR) is 111 cm³/mol. The molecule has 2 N–H and O–H groups in total. The molecule has 6 heteroatoms. The minimum absolute atomic E-state index is 0.232. The quantitative estimate of drug-likeness (QED) is 0.858. The van der Waals surface area contributed by atoms with Crippen LogP contribution in [0.1, 0.15) is 32.3 Å². The van der Waals surface area contributed by atoms with Crippen LogP contribution in [-0.4, -0.2) is 64.7 Å². The third-order valence-corrected chi connectivity index (χ3v) is 6.11. The van der Waals surface area contributed by atoms with Gasteiger partial charge >= 0.3 is 0 Å². The fourth-order valence-electron chi connectivity index (χ4n) is 4.95. The van der Waals surface area contributed by atoms with E-state index < -0.39 is 0 Å². The normalized spacial score (nSPS) is 25.4. The highest BCUT2D eigenvalue weighted by atomic mass is 16.5. The Morgan fingerprint density at radius 3 is 2.50 bits per heavy atom. The molecule has 2 atom stereocenters. The maximum absolute atomic E-state index is 11.4. The molecule has 6 nitrogen and oxygen atoms in total. The summed E-state index contributed by atoms with van der Waals surface area (Å²) in [5.74, 6) is -0.304. The van der Waals surface area contributed by atoms with Crippen LogP contribution < -0.4 is 5.73 Å². The molecule has 4 rings (SSSR count). The highest BCUT2D eigenvalue weighted by Crippen LogP contribution is 2.26. The van der Waals surface area contributed by atoms with Gasteiger partial charge in [0.1, 0.15) is 6.54 Å². The Kier molecular flexibility index (Phi) is 5.71. The molecule has 152 valence electrons. The number of fused-ring (bicyclic) bond motifs is 1. The molecule has 0 saturated carbocycles. The van der Waals surface area contributed by atoms with Crippen molar-refractivity contribution < 1.29 is 9.53 Å². The molecule has 0 unspecified atom stereocenters. The van der Waals surface area contributed by atoms with Crippen molar-refractivity contribution in [2.24, 2.45) is 5.73 Å². The molecule has 3 heterocycles. The molecule has 1 aromatic carbocycles. The van der Waals surface area contributed by atoms with E-state index in [1.165, 1.54) is 23.8 Å². The molecular weight excluding hydrogens is 352 g/mol. The number of nitrogens with zero attached hydrogens (tertiary/aromatic N) is 3. The van der Waals surface area contributed by atoms with Gasteiger partial charge < -0.3 is 15.0 Å². The number of para-hydroxylation sites is 1. The van der Waals surface area contributed by atoms with Gasteiger partial charge in [-0.25, -0.2) is 0 Å². The zero-order valence-electron chi connectivity index (χ0n) is 17.0. The fourth-order valence-corrected chi connectivity index (χ4v) is 4.95. The lowest BCUT2D eigenvalue weighted by Crippen LogP contribution is -2.53. The van der Waals surface area contributed by atoms with Gasteiger partial charge in [0.2, 0.25) is 5.91 Å². The second-order valence-electron chi connectivity index (χ2n) is 8.48. The molecule has 1 amide bonds. The largest absolute Gasteiger partial charge is 0.373 e. The Labute approximate surface area is 167 Å². The van der Waals surface area contributed by atoms with E-state index in [0.717, 1.165) is 38.2 Å². The number of rotatable bonds is 5. The van der Waals surface area contributed by atoms with Gasteiger partial charge in [-0.3, -0.25) is 14.6 Å². The van der Waals surface area contributed by atoms with Gasteiger partial charge in [0, 0.05) is 42.8 Å². The second kappa shape index (κ2) is 8.23. The van der Waals surface area contributed by atoms with Gasteiger partial charge in [0.15, 0.2) is 0 Å². The standard InChI is InChI=1S/C22H32N4O2/c1-16-11-25(12-17(2)28-16)19-7-9-24(10-8-19)13-18-14-26(15-22(23)27)21-6-4-3-5-20(18)21/h3-6,14,16-17,19H,7-13,15H2,1-2H3,(H2,23,27)/t16-,17+. The van der Waals surface area contributed by atoms with Crippen LogP contribution in [0.15, 0.2) is 30.5 Å². The zero-order valence-corrected chi connectivity index (χ0v) is 17.0. The molecular formula is C22H32N4O2. The Morgan fingerprint density at radius 2 is 1.82 bits per heavy atom. The summed E-state index contributed by atoms with van der Waals surface area (Å²) in [5.41, 5.74) is 7.80. The molecule has 0 spiro atoms. The van der Waals surface area contributed by atoms with E-state index in [9.17, 15) is 4.79 Å². The third kappa shape index (κ3) is 4.24. The second-order valence-corrected chi connectivity index (χ2v) is 8.48. The van der Waals surface area contributed by atoms with Crippen molar-refractivity contribution in [1.82, 2.24) is 14.4 Å². The zero-order chi connectivity index (χ0) is 19.7. The molecule has 0 aliphatic carbocycles. The lowest BCUT2D eigenvalue weighted by Gasteiger charge is -2.43. The number of hydrogen-bond acceptors (Lipinski definition) is 4. The van der Waals surface area contributed by atoms with Gasteiger partial charge in [-0.2, -0.15) is 0 Å². The number of aromatic nitrogens is 1. The van der Waals surface area contributed by atoms with Gasteiger partial charge in [-0.1, -0.05) is 18.2 Å². The number of nitrogens with two attached hydrogens (primary N) is 1. The number of primary amides is 1. The van der Waals surface area contributed by atoms with Crippen LogP contribution in [0.2, 0.25) is 0 Å². The summed E-state index contributed by atoms with van der Waals surface area (Å²) in [4.78, 5) is 16.6. The number of benzene rings is 1. The number of hydrogen-bond donors (Lipinski definition) is 1. The van der Waals surface area contributed by atoms with Crippen LogP contribution in [-0.2, 0) is 22.6 Å². The topological polar surface area (TPSA) is 63.7 Å². The molecule has 2 fully saturated rings. The maximum atomic E-state index is 11.4. The van der Waals surface area contributed by atoms with Crippen LogP contribution in [0, 0.1) is 0 Å². The maximum Gasteiger partial charge on any atom is 0.237 e. The van der Waals surface area contributed by atoms with Crippen molar-refractivity contribution in [3.8, 4) is 0 Å². The van der Waals surface area contributed by atoms with Crippen molar-refractivity contribution >= 4 is 16.8 Å². The Balaban J connectivity index is 1.40. The lowest BCUT2D eigenvalue weighted by atomic mass is 10.0. The van der Waals surface area contributed by atoms with Crippen molar-refractivity contribution in [2.45, 2.75) is 58.0 Å². The van der Waals surface area contributed by atoms with E-state index in [-0.39, 0.29) is 12.5 Å². The molecule has 1 aromatic heterocycles. The summed E-state index contributed by atoms with van der Waals surface area (Å²) in [6.45, 7) is 9.84. The van der Waals surface area contributed by atoms with Gasteiger partial charge in [0.25, 0.3) is 0 Å². The van der Waals surface area contributed by atoms with E-state index in [1.54, 1.807) is 0 Å². The van der Waals surface area contributed by atoms with Crippen LogP contribution >= 0.6 is 0 Å². The molecule has 2 aliphatic heterocycles. The average Bonchev–Trinajstić information content (AvgIpc) is 2.98. The highest BCUT2D eigenvalue weighted by Gasteiger charge is 2.30. The van der Waals surface area contributed by atoms with Crippen molar-refractivity contribution in [3.63, 3.8) is 0 Å². The number of carbonyl (C=O) groups excluding carboxylic acids is 1. The van der Waals surface area contributed by atoms with Crippen LogP contribution in [0.4, 0.5) is 0 Å². The van der Waals surface area contributed by atoms with E-state index in [1.807, 2.05) is 10.6 Å². The number of likely N-dealkylation sites (tertiary alicyclic amines) is 1. The first kappa shape index (κ1) is 19.4. The molecule has 0 bridgehead atoms. The van der Waals surface area contributed by atoms with Gasteiger partial charge in [-0.05, 0) is 51.4 Å². The summed E-state index contributed by atoms with van der Waals surface area (Å²) in [6, 6.07) is 8.95. The minimum Gasteiger partial charge on any atom is -0.373 e. The first-order valence-electron chi connectivity index (χ1n) is 10.5. The van der Waals surface area contributed by atoms with E-state index >= 15 is 0 Å². The van der Waals surface area contributed by atoms with Crippen molar-refractivity contribution in [3.05, 3.63) is 36.0 Å². The van der Waals surface area contributed by atoms with Crippen molar-refractivity contribution in [2.75, 3.05) is 26.2 Å². The monoisotopic (exact) mass is 384 g/mol. The van der Waals surface area contributed by atoms with Crippen LogP contribution in [0.3, 0.4) is 0 Å². The van der Waals surface area contributed by atoms with Crippen LogP contribution in [0.5, 0.6) is 0 Å². The van der Waals surface area contributed by atoms with Crippen molar-refractivity contribution in [1.29, 1.82) is 0 Å². The Bertz CT molecular complexity index is 815. The summed E-state index contributed by atoms with van der Waals surface area (Å²) in [7, 11) is 0. The van der Waals surface area contributed by atoms with E-state index in [2.05, 4.69) is 48.0 Å². The fraction of sp³-hybridized carbons (Fsp3) is 0.591. The molecule has 0 radical (unpaired) electrons. The summed E-state index contributed by atoms with van der Waals surface area (Å²) in [6.07, 6.45) is 5.18. The summed E-state index contributed by atoms with van der Waals surface area (Å²) >= 11 is 0. The number of ether oxygens (including phenoxy) is 1. The average molecular weight is 385 g/mol. The molecule has 28 heavy (non-hydrogen) atoms. The minimum atomic E-state index is -0.304. The van der Waals surface area contributed by atoms with Crippen LogP contribution in [0.25, 0.3) is 10.9 Å². The molecule has 2 aromatic rings. The third-order valence-electron chi connectivity index (χ3n) is 6.11. The SMILES string of the molecule is C[C@@H]1CN(C2CCN(Cc3cn(CC(N)=O)c4ccccc34)CC2)C[C@H](C)O1. The van der Waals surface area contributed by atoms with E-state index in [0.29, 0.717) is 18.2 Å². The molecule has 2 saturated heterocycles. The highest BCUT2D eigenvalue weighted by molar-refractivity contribution is 5.85. The number of amides is 1. The smallest absolute Gasteiger partial charge is 0.237 e. The number of piperidine rings is 1. The first-order chi connectivity index (χ1) is 13.5. The van der Waals surface area contributed by atoms with E-state index in [4.69, 9.17) is 10.5 Å². The number of carbonyl (C=O) groups is 1.